The lowest BCUT2D eigenvalue weighted by Gasteiger charge is -2.33. The Kier molecular flexibility index (Phi) is 12.2. The Balaban J connectivity index is 0.000000663. The molecule has 0 radical (unpaired) electrons. The van der Waals surface area contributed by atoms with Crippen LogP contribution in [0.15, 0.2) is 78.9 Å². The van der Waals surface area contributed by atoms with E-state index in [0.717, 1.165) is 43.5 Å². The summed E-state index contributed by atoms with van der Waals surface area (Å²) in [5, 5.41) is 25.2. The Morgan fingerprint density at radius 3 is 1.80 bits per heavy atom. The van der Waals surface area contributed by atoms with Crippen LogP contribution in [0.3, 0.4) is 0 Å². The highest BCUT2D eigenvalue weighted by atomic mass is 19.1. The first-order valence-electron chi connectivity index (χ1n) is 13.2. The smallest absolute Gasteiger partial charge is 0.414 e. The van der Waals surface area contributed by atoms with E-state index in [9.17, 15) is 13.9 Å². The third-order valence-corrected chi connectivity index (χ3v) is 6.83. The van der Waals surface area contributed by atoms with Gasteiger partial charge in [0.15, 0.2) is 0 Å². The number of hydrogen-bond acceptors (Lipinski definition) is 5. The number of carboxylic acid groups (broad SMARTS) is 2. The van der Waals surface area contributed by atoms with Gasteiger partial charge in [0.05, 0.1) is 6.10 Å². The van der Waals surface area contributed by atoms with E-state index in [1.807, 2.05) is 18.2 Å². The molecule has 3 N–H and O–H groups in total. The van der Waals surface area contributed by atoms with E-state index in [1.54, 1.807) is 24.3 Å². The van der Waals surface area contributed by atoms with Gasteiger partial charge < -0.3 is 25.0 Å². The molecule has 0 amide bonds. The van der Waals surface area contributed by atoms with Gasteiger partial charge in [-0.15, -0.1) is 0 Å². The maximum absolute atomic E-state index is 13.4. The first kappa shape index (κ1) is 30.9. The van der Waals surface area contributed by atoms with Gasteiger partial charge in [-0.05, 0) is 85.6 Å². The van der Waals surface area contributed by atoms with Gasteiger partial charge in [0.1, 0.15) is 17.7 Å². The van der Waals surface area contributed by atoms with Crippen molar-refractivity contribution in [3.8, 4) is 0 Å². The molecule has 0 saturated carbocycles. The second-order valence-corrected chi connectivity index (χ2v) is 9.84. The quantitative estimate of drug-likeness (QED) is 0.305. The number of likely N-dealkylation sites (tertiary alicyclic amines) is 1. The predicted octanol–water partition coefficient (Wildman–Crippen LogP) is 4.93. The third kappa shape index (κ3) is 10.5. The van der Waals surface area contributed by atoms with Crippen LogP contribution in [0.5, 0.6) is 0 Å². The lowest BCUT2D eigenvalue weighted by atomic mass is 9.93. The zero-order chi connectivity index (χ0) is 28.9. The monoisotopic (exact) mass is 555 g/mol. The van der Waals surface area contributed by atoms with Gasteiger partial charge in [-0.25, -0.2) is 18.4 Å². The van der Waals surface area contributed by atoms with Gasteiger partial charge >= 0.3 is 11.9 Å². The van der Waals surface area contributed by atoms with E-state index in [0.29, 0.717) is 25.5 Å². The van der Waals surface area contributed by atoms with Crippen LogP contribution in [0, 0.1) is 17.6 Å². The van der Waals surface area contributed by atoms with Gasteiger partial charge in [0.25, 0.3) is 0 Å². The summed E-state index contributed by atoms with van der Waals surface area (Å²) >= 11 is 0. The second kappa shape index (κ2) is 15.8. The number of rotatable bonds is 10. The Bertz CT molecular complexity index is 1130. The highest BCUT2D eigenvalue weighted by molar-refractivity contribution is 6.27. The molecule has 0 bridgehead atoms. The molecular weight excluding hydrogens is 520 g/mol. The first-order valence-corrected chi connectivity index (χ1v) is 13.2. The molecule has 1 aliphatic rings. The van der Waals surface area contributed by atoms with Crippen LogP contribution < -0.4 is 0 Å². The number of nitrogens with zero attached hydrogens (tertiary/aromatic N) is 1. The van der Waals surface area contributed by atoms with E-state index in [1.165, 1.54) is 29.8 Å². The minimum Gasteiger partial charge on any atom is -0.473 e. The number of hydrogen-bond donors (Lipinski definition) is 3. The Hall–Kier alpha value is -3.66. The molecule has 0 aromatic heterocycles. The number of aliphatic carboxylic acids is 2. The van der Waals surface area contributed by atoms with Gasteiger partial charge in [0, 0.05) is 13.2 Å². The summed E-state index contributed by atoms with van der Waals surface area (Å²) in [5.41, 5.74) is 2.88. The molecule has 4 rings (SSSR count). The molecule has 1 atom stereocenters. The Morgan fingerprint density at radius 2 is 1.32 bits per heavy atom. The normalized spacial score (nSPS) is 14.8. The number of benzene rings is 3. The molecule has 0 aliphatic carbocycles. The molecule has 214 valence electrons. The SMILES string of the molecule is O=C(O)C(=O)O.O[C@H](Cc1ccccc1)CN1CCC(CCOC(c2ccc(F)cc2)c2ccc(F)cc2)CC1. The van der Waals surface area contributed by atoms with Crippen LogP contribution in [0.4, 0.5) is 8.78 Å². The topological polar surface area (TPSA) is 107 Å². The maximum atomic E-state index is 13.4. The summed E-state index contributed by atoms with van der Waals surface area (Å²) < 4.78 is 33.1. The molecule has 40 heavy (non-hydrogen) atoms. The number of halogens is 2. The van der Waals surface area contributed by atoms with Crippen molar-refractivity contribution in [1.29, 1.82) is 0 Å². The minimum absolute atomic E-state index is 0.290. The molecule has 0 spiro atoms. The minimum atomic E-state index is -1.82. The number of piperidine rings is 1. The van der Waals surface area contributed by atoms with Crippen LogP contribution in [-0.4, -0.2) is 64.5 Å². The van der Waals surface area contributed by atoms with E-state index >= 15 is 0 Å². The lowest BCUT2D eigenvalue weighted by molar-refractivity contribution is -0.159. The highest BCUT2D eigenvalue weighted by Gasteiger charge is 2.22. The zero-order valence-electron chi connectivity index (χ0n) is 22.2. The first-order chi connectivity index (χ1) is 19.2. The Labute approximate surface area is 232 Å². The van der Waals surface area contributed by atoms with Crippen molar-refractivity contribution in [2.24, 2.45) is 5.92 Å². The molecule has 1 heterocycles. The average molecular weight is 556 g/mol. The molecule has 1 fully saturated rings. The number of ether oxygens (including phenoxy) is 1. The molecule has 9 heteroatoms. The van der Waals surface area contributed by atoms with Crippen molar-refractivity contribution in [2.75, 3.05) is 26.2 Å². The lowest BCUT2D eigenvalue weighted by Crippen LogP contribution is -2.39. The molecule has 3 aromatic carbocycles. The van der Waals surface area contributed by atoms with E-state index in [-0.39, 0.29) is 23.8 Å². The van der Waals surface area contributed by atoms with E-state index < -0.39 is 11.9 Å². The maximum Gasteiger partial charge on any atom is 0.414 e. The molecule has 3 aromatic rings. The molecule has 1 aliphatic heterocycles. The van der Waals surface area contributed by atoms with Gasteiger partial charge in [-0.3, -0.25) is 0 Å². The van der Waals surface area contributed by atoms with Crippen LogP contribution in [0.25, 0.3) is 0 Å². The summed E-state index contributed by atoms with van der Waals surface area (Å²) in [6.07, 6.45) is 3.09. The van der Waals surface area contributed by atoms with Gasteiger partial charge in [0.2, 0.25) is 0 Å². The van der Waals surface area contributed by atoms with Crippen LogP contribution in [-0.2, 0) is 20.7 Å². The predicted molar refractivity (Wildman–Crippen MR) is 146 cm³/mol. The summed E-state index contributed by atoms with van der Waals surface area (Å²) in [6.45, 7) is 3.25. The van der Waals surface area contributed by atoms with E-state index in [4.69, 9.17) is 24.5 Å². The van der Waals surface area contributed by atoms with Crippen molar-refractivity contribution in [2.45, 2.75) is 37.9 Å². The molecule has 0 unspecified atom stereocenters. The third-order valence-electron chi connectivity index (χ3n) is 6.83. The molecular formula is C31H35F2NO6. The molecule has 7 nitrogen and oxygen atoms in total. The van der Waals surface area contributed by atoms with Gasteiger partial charge in [-0.2, -0.15) is 0 Å². The summed E-state index contributed by atoms with van der Waals surface area (Å²) in [4.78, 5) is 20.6. The summed E-state index contributed by atoms with van der Waals surface area (Å²) in [5.74, 6) is -3.65. The van der Waals surface area contributed by atoms with Crippen molar-refractivity contribution >= 4 is 11.9 Å². The Morgan fingerprint density at radius 1 is 0.825 bits per heavy atom. The number of aliphatic hydroxyl groups is 1. The average Bonchev–Trinajstić information content (AvgIpc) is 2.94. The fraction of sp³-hybridized carbons (Fsp3) is 0.355. The standard InChI is InChI=1S/C29H33F2NO2.C2H2O4/c30-26-10-6-24(7-11-26)29(25-8-12-27(31)13-9-25)34-19-16-22-14-17-32(18-15-22)21-28(33)20-23-4-2-1-3-5-23;3-1(4)2(5)6/h1-13,22,28-29,33H,14-21H2;(H,3,4)(H,5,6)/t28-;/m1./s1. The van der Waals surface area contributed by atoms with Gasteiger partial charge in [-0.1, -0.05) is 54.6 Å². The van der Waals surface area contributed by atoms with Crippen LogP contribution >= 0.6 is 0 Å². The zero-order valence-corrected chi connectivity index (χ0v) is 22.2. The number of aliphatic hydroxyl groups excluding tert-OH is 1. The van der Waals surface area contributed by atoms with E-state index in [2.05, 4.69) is 17.0 Å². The fourth-order valence-corrected chi connectivity index (χ4v) is 4.72. The summed E-state index contributed by atoms with van der Waals surface area (Å²) in [7, 11) is 0. The van der Waals surface area contributed by atoms with Crippen molar-refractivity contribution in [3.63, 3.8) is 0 Å². The molecule has 1 saturated heterocycles. The van der Waals surface area contributed by atoms with Crippen molar-refractivity contribution in [1.82, 2.24) is 4.90 Å². The number of carbonyl (C=O) groups is 2. The summed E-state index contributed by atoms with van der Waals surface area (Å²) in [6, 6.07) is 22.7. The van der Waals surface area contributed by atoms with Crippen molar-refractivity contribution < 1.29 is 38.4 Å². The highest BCUT2D eigenvalue weighted by Crippen LogP contribution is 2.28. The second-order valence-electron chi connectivity index (χ2n) is 9.84. The fourth-order valence-electron chi connectivity index (χ4n) is 4.72. The largest absolute Gasteiger partial charge is 0.473 e. The van der Waals surface area contributed by atoms with Crippen LogP contribution in [0.2, 0.25) is 0 Å². The van der Waals surface area contributed by atoms with Crippen molar-refractivity contribution in [3.05, 3.63) is 107 Å². The van der Waals surface area contributed by atoms with Crippen LogP contribution in [0.1, 0.15) is 42.1 Å². The number of β-amino-alcohol motifs (C(OH)–C–C–N with tert-alkyl or cyclic N) is 1. The number of carboxylic acids is 2.